The van der Waals surface area contributed by atoms with Crippen molar-refractivity contribution in [3.05, 3.63) is 59.4 Å². The van der Waals surface area contributed by atoms with E-state index >= 15 is 0 Å². The molecule has 2 aromatic rings. The first-order valence-corrected chi connectivity index (χ1v) is 7.85. The van der Waals surface area contributed by atoms with E-state index in [2.05, 4.69) is 5.32 Å². The molecule has 0 bridgehead atoms. The fourth-order valence-electron chi connectivity index (χ4n) is 2.09. The van der Waals surface area contributed by atoms with Crippen LogP contribution in [-0.4, -0.2) is 25.1 Å². The SMILES string of the molecule is Cc1ccc(C)c(OCCC(=O)OCC(=O)Nc2cccc(F)c2)c1. The van der Waals surface area contributed by atoms with Gasteiger partial charge in [-0.3, -0.25) is 9.59 Å². The summed E-state index contributed by atoms with van der Waals surface area (Å²) < 4.78 is 23.4. The van der Waals surface area contributed by atoms with Crippen molar-refractivity contribution in [2.45, 2.75) is 20.3 Å². The molecular formula is C19H20FNO4. The van der Waals surface area contributed by atoms with Gasteiger partial charge in [-0.25, -0.2) is 4.39 Å². The number of hydrogen-bond acceptors (Lipinski definition) is 4. The molecule has 0 spiro atoms. The van der Waals surface area contributed by atoms with Gasteiger partial charge in [-0.2, -0.15) is 0 Å². The number of carbonyl (C=O) groups excluding carboxylic acids is 2. The lowest BCUT2D eigenvalue weighted by Gasteiger charge is -2.10. The Morgan fingerprint density at radius 2 is 1.92 bits per heavy atom. The zero-order valence-electron chi connectivity index (χ0n) is 14.2. The molecule has 0 fully saturated rings. The van der Waals surface area contributed by atoms with E-state index in [9.17, 15) is 14.0 Å². The van der Waals surface area contributed by atoms with E-state index in [1.165, 1.54) is 18.2 Å². The van der Waals surface area contributed by atoms with Crippen molar-refractivity contribution in [3.63, 3.8) is 0 Å². The highest BCUT2D eigenvalue weighted by molar-refractivity contribution is 5.92. The number of hydrogen-bond donors (Lipinski definition) is 1. The summed E-state index contributed by atoms with van der Waals surface area (Å²) in [6, 6.07) is 11.3. The van der Waals surface area contributed by atoms with E-state index in [0.717, 1.165) is 16.9 Å². The Balaban J connectivity index is 1.70. The van der Waals surface area contributed by atoms with Crippen LogP contribution < -0.4 is 10.1 Å². The number of anilines is 1. The number of benzene rings is 2. The maximum Gasteiger partial charge on any atom is 0.309 e. The van der Waals surface area contributed by atoms with Crippen LogP contribution in [0.15, 0.2) is 42.5 Å². The van der Waals surface area contributed by atoms with Crippen molar-refractivity contribution in [2.75, 3.05) is 18.5 Å². The third kappa shape index (κ3) is 6.25. The van der Waals surface area contributed by atoms with Gasteiger partial charge in [0.25, 0.3) is 5.91 Å². The molecule has 0 aliphatic heterocycles. The Morgan fingerprint density at radius 3 is 2.68 bits per heavy atom. The Kier molecular flexibility index (Phi) is 6.51. The topological polar surface area (TPSA) is 64.6 Å². The van der Waals surface area contributed by atoms with Gasteiger partial charge >= 0.3 is 5.97 Å². The summed E-state index contributed by atoms with van der Waals surface area (Å²) in [6.07, 6.45) is 0.0284. The maximum absolute atomic E-state index is 13.0. The molecule has 2 aromatic carbocycles. The van der Waals surface area contributed by atoms with Gasteiger partial charge in [0.15, 0.2) is 6.61 Å². The second kappa shape index (κ2) is 8.82. The van der Waals surface area contributed by atoms with E-state index in [0.29, 0.717) is 5.69 Å². The largest absolute Gasteiger partial charge is 0.493 e. The van der Waals surface area contributed by atoms with Crippen LogP contribution in [0, 0.1) is 19.7 Å². The number of aryl methyl sites for hydroxylation is 2. The fourth-order valence-corrected chi connectivity index (χ4v) is 2.09. The molecule has 2 rings (SSSR count). The standard InChI is InChI=1S/C19H20FNO4/c1-13-6-7-14(2)17(10-13)24-9-8-19(23)25-12-18(22)21-16-5-3-4-15(20)11-16/h3-7,10-11H,8-9,12H2,1-2H3,(H,21,22). The molecule has 0 aromatic heterocycles. The molecule has 0 heterocycles. The minimum atomic E-state index is -0.542. The number of amides is 1. The predicted octanol–water partition coefficient (Wildman–Crippen LogP) is 3.39. The smallest absolute Gasteiger partial charge is 0.309 e. The molecule has 1 amide bonds. The van der Waals surface area contributed by atoms with E-state index < -0.39 is 24.3 Å². The van der Waals surface area contributed by atoms with Crippen molar-refractivity contribution >= 4 is 17.6 Å². The van der Waals surface area contributed by atoms with Gasteiger partial charge < -0.3 is 14.8 Å². The summed E-state index contributed by atoms with van der Waals surface area (Å²) in [5.41, 5.74) is 2.35. The highest BCUT2D eigenvalue weighted by atomic mass is 19.1. The fraction of sp³-hybridized carbons (Fsp3) is 0.263. The van der Waals surface area contributed by atoms with Crippen LogP contribution in [0.3, 0.4) is 0 Å². The summed E-state index contributed by atoms with van der Waals surface area (Å²) >= 11 is 0. The molecule has 0 radical (unpaired) electrons. The molecule has 0 saturated carbocycles. The number of ether oxygens (including phenoxy) is 2. The Labute approximate surface area is 145 Å². The van der Waals surface area contributed by atoms with Crippen LogP contribution in [0.5, 0.6) is 5.75 Å². The van der Waals surface area contributed by atoms with E-state index in [-0.39, 0.29) is 13.0 Å². The number of rotatable bonds is 7. The molecule has 0 aliphatic carbocycles. The zero-order chi connectivity index (χ0) is 18.2. The number of carbonyl (C=O) groups is 2. The van der Waals surface area contributed by atoms with Crippen molar-refractivity contribution in [2.24, 2.45) is 0 Å². The van der Waals surface area contributed by atoms with Crippen LogP contribution in [0.25, 0.3) is 0 Å². The van der Waals surface area contributed by atoms with E-state index in [1.807, 2.05) is 32.0 Å². The molecule has 0 unspecified atom stereocenters. The van der Waals surface area contributed by atoms with Gasteiger partial charge in [-0.15, -0.1) is 0 Å². The quantitative estimate of drug-likeness (QED) is 0.781. The predicted molar refractivity (Wildman–Crippen MR) is 92.0 cm³/mol. The van der Waals surface area contributed by atoms with Crippen molar-refractivity contribution in [1.29, 1.82) is 0 Å². The maximum atomic E-state index is 13.0. The lowest BCUT2D eigenvalue weighted by atomic mass is 10.1. The monoisotopic (exact) mass is 345 g/mol. The van der Waals surface area contributed by atoms with Crippen molar-refractivity contribution in [3.8, 4) is 5.75 Å². The van der Waals surface area contributed by atoms with Gasteiger partial charge in [0.05, 0.1) is 13.0 Å². The molecule has 6 heteroatoms. The lowest BCUT2D eigenvalue weighted by molar-refractivity contribution is -0.147. The second-order valence-corrected chi connectivity index (χ2v) is 5.59. The first-order valence-electron chi connectivity index (χ1n) is 7.85. The number of nitrogens with one attached hydrogen (secondary N) is 1. The Morgan fingerprint density at radius 1 is 1.12 bits per heavy atom. The highest BCUT2D eigenvalue weighted by Crippen LogP contribution is 2.19. The molecule has 0 atom stereocenters. The molecule has 1 N–H and O–H groups in total. The third-order valence-electron chi connectivity index (χ3n) is 3.38. The van der Waals surface area contributed by atoms with Crippen LogP contribution in [0.2, 0.25) is 0 Å². The molecule has 132 valence electrons. The molecule has 0 aliphatic rings. The summed E-state index contributed by atoms with van der Waals surface area (Å²) in [5.74, 6) is -0.816. The lowest BCUT2D eigenvalue weighted by Crippen LogP contribution is -2.21. The van der Waals surface area contributed by atoms with Crippen LogP contribution in [0.1, 0.15) is 17.5 Å². The molecule has 25 heavy (non-hydrogen) atoms. The highest BCUT2D eigenvalue weighted by Gasteiger charge is 2.09. The first-order chi connectivity index (χ1) is 11.9. The summed E-state index contributed by atoms with van der Waals surface area (Å²) in [7, 11) is 0. The zero-order valence-corrected chi connectivity index (χ0v) is 14.2. The summed E-state index contributed by atoms with van der Waals surface area (Å²) in [6.45, 7) is 3.61. The van der Waals surface area contributed by atoms with Gasteiger partial charge in [-0.1, -0.05) is 18.2 Å². The van der Waals surface area contributed by atoms with E-state index in [1.54, 1.807) is 6.07 Å². The summed E-state index contributed by atoms with van der Waals surface area (Å²) in [5, 5.41) is 2.45. The van der Waals surface area contributed by atoms with Gasteiger partial charge in [0.1, 0.15) is 11.6 Å². The Hall–Kier alpha value is -2.89. The average Bonchev–Trinajstić information content (AvgIpc) is 2.56. The van der Waals surface area contributed by atoms with Crippen molar-refractivity contribution in [1.82, 2.24) is 0 Å². The average molecular weight is 345 g/mol. The normalized spacial score (nSPS) is 10.2. The third-order valence-corrected chi connectivity index (χ3v) is 3.38. The van der Waals surface area contributed by atoms with Gasteiger partial charge in [0.2, 0.25) is 0 Å². The van der Waals surface area contributed by atoms with Crippen LogP contribution >= 0.6 is 0 Å². The van der Waals surface area contributed by atoms with Crippen LogP contribution in [0.4, 0.5) is 10.1 Å². The molecule has 0 saturated heterocycles. The summed E-state index contributed by atoms with van der Waals surface area (Å²) in [4.78, 5) is 23.3. The van der Waals surface area contributed by atoms with Crippen molar-refractivity contribution < 1.29 is 23.5 Å². The second-order valence-electron chi connectivity index (χ2n) is 5.59. The minimum Gasteiger partial charge on any atom is -0.493 e. The van der Waals surface area contributed by atoms with Gasteiger partial charge in [0, 0.05) is 5.69 Å². The van der Waals surface area contributed by atoms with E-state index in [4.69, 9.17) is 9.47 Å². The van der Waals surface area contributed by atoms with Gasteiger partial charge in [-0.05, 0) is 49.2 Å². The molecular weight excluding hydrogens is 325 g/mol. The molecule has 5 nitrogen and oxygen atoms in total. The van der Waals surface area contributed by atoms with Crippen LogP contribution in [-0.2, 0) is 14.3 Å². The number of esters is 1. The first kappa shape index (κ1) is 18.4. The minimum absolute atomic E-state index is 0.0284. The Bertz CT molecular complexity index is 761. The number of halogens is 1.